The lowest BCUT2D eigenvalue weighted by molar-refractivity contribution is -0.137. The van der Waals surface area contributed by atoms with Gasteiger partial charge < -0.3 is 0 Å². The monoisotopic (exact) mass is 264 g/mol. The third-order valence-electron chi connectivity index (χ3n) is 3.17. The number of nitrogens with zero attached hydrogens (tertiary/aromatic N) is 2. The molecule has 1 aromatic heterocycles. The molecule has 2 aromatic rings. The van der Waals surface area contributed by atoms with Crippen molar-refractivity contribution in [1.82, 2.24) is 9.97 Å². The molecule has 19 heavy (non-hydrogen) atoms. The van der Waals surface area contributed by atoms with E-state index in [1.54, 1.807) is 12.1 Å². The summed E-state index contributed by atoms with van der Waals surface area (Å²) in [6.45, 7) is 0. The fourth-order valence-electron chi connectivity index (χ4n) is 1.99. The van der Waals surface area contributed by atoms with Gasteiger partial charge in [0.15, 0.2) is 0 Å². The Bertz CT molecular complexity index is 604. The molecule has 1 saturated carbocycles. The molecule has 0 bridgehead atoms. The Morgan fingerprint density at radius 3 is 2.53 bits per heavy atom. The zero-order valence-electron chi connectivity index (χ0n) is 9.98. The maximum atomic E-state index is 12.7. The molecule has 1 heterocycles. The molecule has 3 rings (SSSR count). The number of benzene rings is 1. The van der Waals surface area contributed by atoms with Gasteiger partial charge in [-0.3, -0.25) is 0 Å². The van der Waals surface area contributed by atoms with Crippen molar-refractivity contribution in [1.29, 1.82) is 0 Å². The number of rotatable bonds is 2. The SMILES string of the molecule is FC(F)(F)c1cccc(-c2cc(C3CC3)ncn2)c1. The summed E-state index contributed by atoms with van der Waals surface area (Å²) in [7, 11) is 0. The second-order valence-electron chi connectivity index (χ2n) is 4.68. The number of hydrogen-bond acceptors (Lipinski definition) is 2. The molecule has 0 N–H and O–H groups in total. The topological polar surface area (TPSA) is 25.8 Å². The molecule has 0 radical (unpaired) electrons. The predicted octanol–water partition coefficient (Wildman–Crippen LogP) is 4.04. The van der Waals surface area contributed by atoms with Crippen LogP contribution in [0.4, 0.5) is 13.2 Å². The lowest BCUT2D eigenvalue weighted by Gasteiger charge is -2.08. The smallest absolute Gasteiger partial charge is 0.241 e. The van der Waals surface area contributed by atoms with E-state index in [0.717, 1.165) is 30.7 Å². The van der Waals surface area contributed by atoms with Gasteiger partial charge in [-0.25, -0.2) is 9.97 Å². The third kappa shape index (κ3) is 2.59. The van der Waals surface area contributed by atoms with Gasteiger partial charge in [-0.05, 0) is 31.0 Å². The Kier molecular flexibility index (Phi) is 2.77. The highest BCUT2D eigenvalue weighted by Crippen LogP contribution is 2.39. The van der Waals surface area contributed by atoms with Crippen molar-refractivity contribution in [3.05, 3.63) is 47.9 Å². The van der Waals surface area contributed by atoms with E-state index < -0.39 is 11.7 Å². The molecule has 98 valence electrons. The molecule has 5 heteroatoms. The molecule has 1 fully saturated rings. The molecule has 2 nitrogen and oxygen atoms in total. The molecule has 0 aliphatic heterocycles. The van der Waals surface area contributed by atoms with Crippen LogP contribution in [0, 0.1) is 0 Å². The van der Waals surface area contributed by atoms with Crippen molar-refractivity contribution in [2.75, 3.05) is 0 Å². The van der Waals surface area contributed by atoms with Gasteiger partial charge in [0.05, 0.1) is 11.3 Å². The normalized spacial score (nSPS) is 15.5. The summed E-state index contributed by atoms with van der Waals surface area (Å²) in [4.78, 5) is 8.23. The first-order valence-corrected chi connectivity index (χ1v) is 6.03. The number of aromatic nitrogens is 2. The number of halogens is 3. The van der Waals surface area contributed by atoms with Crippen LogP contribution in [0.3, 0.4) is 0 Å². The molecule has 0 saturated heterocycles. The Labute approximate surface area is 108 Å². The Balaban J connectivity index is 1.99. The second-order valence-corrected chi connectivity index (χ2v) is 4.68. The average molecular weight is 264 g/mol. The van der Waals surface area contributed by atoms with E-state index in [0.29, 0.717) is 17.2 Å². The van der Waals surface area contributed by atoms with Gasteiger partial charge in [-0.1, -0.05) is 12.1 Å². The molecular weight excluding hydrogens is 253 g/mol. The number of hydrogen-bond donors (Lipinski definition) is 0. The van der Waals surface area contributed by atoms with Crippen molar-refractivity contribution >= 4 is 0 Å². The molecule has 0 atom stereocenters. The van der Waals surface area contributed by atoms with Gasteiger partial charge in [0, 0.05) is 17.2 Å². The van der Waals surface area contributed by atoms with E-state index in [2.05, 4.69) is 9.97 Å². The highest BCUT2D eigenvalue weighted by molar-refractivity contribution is 5.60. The van der Waals surface area contributed by atoms with E-state index in [1.807, 2.05) is 0 Å². The highest BCUT2D eigenvalue weighted by Gasteiger charge is 2.30. The summed E-state index contributed by atoms with van der Waals surface area (Å²) in [6.07, 6.45) is -0.719. The quantitative estimate of drug-likeness (QED) is 0.818. The fraction of sp³-hybridized carbons (Fsp3) is 0.286. The van der Waals surface area contributed by atoms with Crippen LogP contribution in [0.25, 0.3) is 11.3 Å². The van der Waals surface area contributed by atoms with Crippen molar-refractivity contribution in [3.8, 4) is 11.3 Å². The first-order chi connectivity index (χ1) is 9.04. The van der Waals surface area contributed by atoms with Crippen LogP contribution < -0.4 is 0 Å². The van der Waals surface area contributed by atoms with E-state index in [4.69, 9.17) is 0 Å². The summed E-state index contributed by atoms with van der Waals surface area (Å²) in [5.74, 6) is 0.451. The molecular formula is C14H11F3N2. The van der Waals surface area contributed by atoms with Gasteiger partial charge in [0.2, 0.25) is 0 Å². The summed E-state index contributed by atoms with van der Waals surface area (Å²) in [6, 6.07) is 7.00. The third-order valence-corrected chi connectivity index (χ3v) is 3.17. The van der Waals surface area contributed by atoms with Crippen molar-refractivity contribution < 1.29 is 13.2 Å². The van der Waals surface area contributed by atoms with Crippen molar-refractivity contribution in [2.45, 2.75) is 24.9 Å². The molecule has 0 spiro atoms. The molecule has 1 aromatic carbocycles. The summed E-state index contributed by atoms with van der Waals surface area (Å²) in [5.41, 5.74) is 1.28. The molecule has 0 unspecified atom stereocenters. The lowest BCUT2D eigenvalue weighted by Crippen LogP contribution is -2.04. The van der Waals surface area contributed by atoms with Crippen LogP contribution in [0.15, 0.2) is 36.7 Å². The van der Waals surface area contributed by atoms with Crippen LogP contribution in [0.2, 0.25) is 0 Å². The average Bonchev–Trinajstić information content (AvgIpc) is 3.22. The van der Waals surface area contributed by atoms with E-state index in [-0.39, 0.29) is 0 Å². The van der Waals surface area contributed by atoms with Gasteiger partial charge in [0.25, 0.3) is 0 Å². The Morgan fingerprint density at radius 2 is 1.84 bits per heavy atom. The van der Waals surface area contributed by atoms with E-state index >= 15 is 0 Å². The maximum Gasteiger partial charge on any atom is 0.416 e. The fourth-order valence-corrected chi connectivity index (χ4v) is 1.99. The maximum absolute atomic E-state index is 12.7. The Hall–Kier alpha value is -1.91. The highest BCUT2D eigenvalue weighted by atomic mass is 19.4. The molecule has 0 amide bonds. The predicted molar refractivity (Wildman–Crippen MR) is 64.4 cm³/mol. The zero-order chi connectivity index (χ0) is 13.5. The van der Waals surface area contributed by atoms with Gasteiger partial charge in [-0.15, -0.1) is 0 Å². The van der Waals surface area contributed by atoms with E-state index in [9.17, 15) is 13.2 Å². The summed E-state index contributed by atoms with van der Waals surface area (Å²) < 4.78 is 38.0. The molecule has 1 aliphatic carbocycles. The molecule has 1 aliphatic rings. The minimum atomic E-state index is -4.33. The van der Waals surface area contributed by atoms with Crippen molar-refractivity contribution in [3.63, 3.8) is 0 Å². The van der Waals surface area contributed by atoms with Gasteiger partial charge in [0.1, 0.15) is 6.33 Å². The van der Waals surface area contributed by atoms with Crippen LogP contribution in [-0.2, 0) is 6.18 Å². The second kappa shape index (κ2) is 4.33. The number of alkyl halides is 3. The van der Waals surface area contributed by atoms with Crippen LogP contribution in [-0.4, -0.2) is 9.97 Å². The van der Waals surface area contributed by atoms with Crippen LogP contribution in [0.1, 0.15) is 30.0 Å². The van der Waals surface area contributed by atoms with Crippen molar-refractivity contribution in [2.24, 2.45) is 0 Å². The first kappa shape index (κ1) is 12.1. The summed E-state index contributed by atoms with van der Waals surface area (Å²) in [5, 5.41) is 0. The lowest BCUT2D eigenvalue weighted by atomic mass is 10.1. The van der Waals surface area contributed by atoms with Crippen LogP contribution >= 0.6 is 0 Å². The van der Waals surface area contributed by atoms with Crippen LogP contribution in [0.5, 0.6) is 0 Å². The Morgan fingerprint density at radius 1 is 1.05 bits per heavy atom. The minimum absolute atomic E-state index is 0.451. The van der Waals surface area contributed by atoms with Gasteiger partial charge in [-0.2, -0.15) is 13.2 Å². The first-order valence-electron chi connectivity index (χ1n) is 6.03. The largest absolute Gasteiger partial charge is 0.416 e. The minimum Gasteiger partial charge on any atom is -0.241 e. The zero-order valence-corrected chi connectivity index (χ0v) is 9.98. The standard InChI is InChI=1S/C14H11F3N2/c15-14(16,17)11-3-1-2-10(6-11)13-7-12(9-4-5-9)18-8-19-13/h1-3,6-9H,4-5H2. The van der Waals surface area contributed by atoms with E-state index in [1.165, 1.54) is 12.4 Å². The summed E-state index contributed by atoms with van der Waals surface area (Å²) >= 11 is 0. The van der Waals surface area contributed by atoms with Gasteiger partial charge >= 0.3 is 6.18 Å².